The predicted molar refractivity (Wildman–Crippen MR) is 143 cm³/mol. The first-order valence-electron chi connectivity index (χ1n) is 13.6. The van der Waals surface area contributed by atoms with Crippen LogP contribution in [0, 0.1) is 0 Å². The van der Waals surface area contributed by atoms with Crippen molar-refractivity contribution >= 4 is 23.2 Å². The summed E-state index contributed by atoms with van der Waals surface area (Å²) in [5.74, 6) is 3.29. The van der Waals surface area contributed by atoms with Crippen molar-refractivity contribution in [3.8, 4) is 11.5 Å². The van der Waals surface area contributed by atoms with Gasteiger partial charge in [-0.05, 0) is 63.1 Å². The van der Waals surface area contributed by atoms with Crippen LogP contribution < -0.4 is 19.3 Å². The molecule has 5 heterocycles. The van der Waals surface area contributed by atoms with Crippen molar-refractivity contribution in [2.45, 2.75) is 51.0 Å². The highest BCUT2D eigenvalue weighted by molar-refractivity contribution is 5.97. The molecule has 2 saturated heterocycles. The number of carbonyl (C=O) groups excluding carboxylic acids is 1. The van der Waals surface area contributed by atoms with E-state index in [1.165, 1.54) is 12.8 Å². The Morgan fingerprint density at radius 1 is 0.973 bits per heavy atom. The van der Waals surface area contributed by atoms with E-state index in [2.05, 4.69) is 29.0 Å². The van der Waals surface area contributed by atoms with Gasteiger partial charge in [0.15, 0.2) is 5.65 Å². The average molecular weight is 505 g/mol. The Kier molecular flexibility index (Phi) is 6.52. The van der Waals surface area contributed by atoms with Crippen LogP contribution in [0.4, 0.5) is 11.6 Å². The Morgan fingerprint density at radius 2 is 1.78 bits per heavy atom. The normalized spacial score (nSPS) is 20.9. The van der Waals surface area contributed by atoms with Crippen LogP contribution in [0.3, 0.4) is 0 Å². The fraction of sp³-hybridized carbons (Fsp3) is 0.536. The first-order valence-corrected chi connectivity index (χ1v) is 13.6. The van der Waals surface area contributed by atoms with Gasteiger partial charge >= 0.3 is 0 Å². The van der Waals surface area contributed by atoms with Gasteiger partial charge in [-0.2, -0.15) is 9.61 Å². The molecule has 0 aliphatic carbocycles. The number of ether oxygens (including phenoxy) is 2. The van der Waals surface area contributed by atoms with Gasteiger partial charge in [-0.25, -0.2) is 4.98 Å². The molecule has 196 valence electrons. The van der Waals surface area contributed by atoms with Crippen LogP contribution in [0.25, 0.3) is 5.65 Å². The number of hydrogen-bond donors (Lipinski definition) is 0. The molecule has 9 heteroatoms. The number of benzene rings is 1. The Bertz CT molecular complexity index is 1280. The Morgan fingerprint density at radius 3 is 2.62 bits per heavy atom. The second kappa shape index (κ2) is 10.1. The summed E-state index contributed by atoms with van der Waals surface area (Å²) in [5.41, 5.74) is 2.29. The van der Waals surface area contributed by atoms with Crippen LogP contribution in [-0.2, 0) is 0 Å². The van der Waals surface area contributed by atoms with Gasteiger partial charge < -0.3 is 24.2 Å². The highest BCUT2D eigenvalue weighted by Gasteiger charge is 2.33. The number of amides is 1. The molecule has 1 amide bonds. The molecule has 3 aliphatic rings. The lowest BCUT2D eigenvalue weighted by molar-refractivity contribution is 0.0601. The van der Waals surface area contributed by atoms with Gasteiger partial charge in [0.2, 0.25) is 0 Å². The summed E-state index contributed by atoms with van der Waals surface area (Å²) in [6.45, 7) is 4.20. The molecular weight excluding hydrogens is 468 g/mol. The lowest BCUT2D eigenvalue weighted by atomic mass is 9.98. The number of rotatable bonds is 2. The Hall–Kier alpha value is -3.49. The average Bonchev–Trinajstić information content (AvgIpc) is 3.62. The van der Waals surface area contributed by atoms with Crippen molar-refractivity contribution in [1.29, 1.82) is 0 Å². The van der Waals surface area contributed by atoms with E-state index in [-0.39, 0.29) is 11.9 Å². The molecule has 9 nitrogen and oxygen atoms in total. The molecule has 2 bridgehead atoms. The van der Waals surface area contributed by atoms with Crippen LogP contribution in [0.2, 0.25) is 0 Å². The van der Waals surface area contributed by atoms with Crippen molar-refractivity contribution in [1.82, 2.24) is 19.5 Å². The zero-order chi connectivity index (χ0) is 25.4. The monoisotopic (exact) mass is 504 g/mol. The van der Waals surface area contributed by atoms with E-state index in [1.807, 2.05) is 21.5 Å². The van der Waals surface area contributed by atoms with Gasteiger partial charge in [0.1, 0.15) is 23.1 Å². The van der Waals surface area contributed by atoms with Crippen molar-refractivity contribution in [2.75, 3.05) is 56.7 Å². The van der Waals surface area contributed by atoms with Crippen LogP contribution in [0.1, 0.15) is 67.0 Å². The maximum atomic E-state index is 14.0. The minimum absolute atomic E-state index is 0.0337. The largest absolute Gasteiger partial charge is 0.497 e. The molecule has 3 aromatic rings. The third kappa shape index (κ3) is 4.55. The predicted octanol–water partition coefficient (Wildman–Crippen LogP) is 4.31. The molecule has 6 rings (SSSR count). The summed E-state index contributed by atoms with van der Waals surface area (Å²) in [5, 5.41) is 5.08. The number of fused-ring (bicyclic) bond motifs is 4. The van der Waals surface area contributed by atoms with Crippen LogP contribution in [0.5, 0.6) is 11.5 Å². The molecule has 0 saturated carbocycles. The lowest BCUT2D eigenvalue weighted by Gasteiger charge is -2.35. The summed E-state index contributed by atoms with van der Waals surface area (Å²) in [6.07, 6.45) is 7.15. The minimum Gasteiger partial charge on any atom is -0.497 e. The van der Waals surface area contributed by atoms with Gasteiger partial charge in [0, 0.05) is 45.4 Å². The summed E-state index contributed by atoms with van der Waals surface area (Å²) in [7, 11) is 3.75. The molecule has 2 aromatic heterocycles. The first kappa shape index (κ1) is 23.9. The van der Waals surface area contributed by atoms with E-state index in [0.717, 1.165) is 74.7 Å². The standard InChI is InChI=1S/C28H36N6O3/c1-31-12-7-8-16-37-24-11-10-20(36-2)17-21(24)28(35)33-15-4-3-9-23(33)22-18-26-29-25(32-13-5-6-14-32)19-27(31)34(26)30-22/h10-11,17-19,23H,3-9,12-16H2,1-2H3/t23-/m0/s1. The molecule has 0 spiro atoms. The number of carbonyl (C=O) groups is 1. The van der Waals surface area contributed by atoms with E-state index in [0.29, 0.717) is 30.2 Å². The zero-order valence-electron chi connectivity index (χ0n) is 21.9. The number of piperidine rings is 1. The molecule has 1 aromatic carbocycles. The second-order valence-electron chi connectivity index (χ2n) is 10.4. The summed E-state index contributed by atoms with van der Waals surface area (Å²) >= 11 is 0. The third-order valence-corrected chi connectivity index (χ3v) is 7.90. The lowest BCUT2D eigenvalue weighted by Crippen LogP contribution is -2.39. The van der Waals surface area contributed by atoms with Gasteiger partial charge in [-0.3, -0.25) is 4.79 Å². The first-order chi connectivity index (χ1) is 18.1. The Labute approximate surface area is 218 Å². The molecule has 1 atom stereocenters. The van der Waals surface area contributed by atoms with E-state index in [1.54, 1.807) is 13.2 Å². The SMILES string of the molecule is COc1ccc2c(c1)C(=O)N1CCCC[C@H]1c1cc3nc(N4CCCC4)cc(n3n1)N(C)CCCCO2. The molecule has 0 unspecified atom stereocenters. The van der Waals surface area contributed by atoms with E-state index < -0.39 is 0 Å². The topological polar surface area (TPSA) is 75.4 Å². The van der Waals surface area contributed by atoms with Crippen molar-refractivity contribution in [2.24, 2.45) is 0 Å². The molecular formula is C28H36N6O3. The zero-order valence-corrected chi connectivity index (χ0v) is 21.9. The molecule has 3 aliphatic heterocycles. The number of anilines is 2. The highest BCUT2D eigenvalue weighted by Crippen LogP contribution is 2.36. The van der Waals surface area contributed by atoms with Gasteiger partial charge in [-0.1, -0.05) is 0 Å². The van der Waals surface area contributed by atoms with Gasteiger partial charge in [0.25, 0.3) is 5.91 Å². The molecule has 2 fully saturated rings. The van der Waals surface area contributed by atoms with Crippen LogP contribution in [0.15, 0.2) is 30.3 Å². The van der Waals surface area contributed by atoms with Crippen molar-refractivity contribution in [3.05, 3.63) is 41.6 Å². The van der Waals surface area contributed by atoms with Gasteiger partial charge in [-0.15, -0.1) is 0 Å². The van der Waals surface area contributed by atoms with Crippen molar-refractivity contribution in [3.63, 3.8) is 0 Å². The van der Waals surface area contributed by atoms with Crippen LogP contribution in [-0.4, -0.2) is 72.3 Å². The minimum atomic E-state index is -0.111. The number of methoxy groups -OCH3 is 1. The maximum Gasteiger partial charge on any atom is 0.258 e. The van der Waals surface area contributed by atoms with E-state index >= 15 is 0 Å². The smallest absolute Gasteiger partial charge is 0.258 e. The molecule has 0 radical (unpaired) electrons. The highest BCUT2D eigenvalue weighted by atomic mass is 16.5. The molecule has 0 N–H and O–H groups in total. The van der Waals surface area contributed by atoms with Crippen LogP contribution >= 0.6 is 0 Å². The Balaban J connectivity index is 1.46. The molecule has 37 heavy (non-hydrogen) atoms. The quantitative estimate of drug-likeness (QED) is 0.515. The van der Waals surface area contributed by atoms with Gasteiger partial charge in [0.05, 0.1) is 31.0 Å². The summed E-state index contributed by atoms with van der Waals surface area (Å²) in [4.78, 5) is 25.6. The number of nitrogens with zero attached hydrogens (tertiary/aromatic N) is 6. The fourth-order valence-corrected chi connectivity index (χ4v) is 5.82. The number of aromatic nitrogens is 3. The summed E-state index contributed by atoms with van der Waals surface area (Å²) < 4.78 is 13.6. The third-order valence-electron chi connectivity index (χ3n) is 7.90. The number of hydrogen-bond acceptors (Lipinski definition) is 7. The van der Waals surface area contributed by atoms with Crippen molar-refractivity contribution < 1.29 is 14.3 Å². The maximum absolute atomic E-state index is 14.0. The second-order valence-corrected chi connectivity index (χ2v) is 10.4. The fourth-order valence-electron chi connectivity index (χ4n) is 5.82. The van der Waals surface area contributed by atoms with E-state index in [9.17, 15) is 4.79 Å². The summed E-state index contributed by atoms with van der Waals surface area (Å²) in [6, 6.07) is 9.67. The van der Waals surface area contributed by atoms with E-state index in [4.69, 9.17) is 19.6 Å².